The highest BCUT2D eigenvalue weighted by Crippen LogP contribution is 2.20. The molecule has 1 aliphatic rings. The molecule has 1 aliphatic heterocycles. The van der Waals surface area contributed by atoms with Crippen LogP contribution in [0.1, 0.15) is 29.3 Å². The third kappa shape index (κ3) is 2.81. The number of hydrogen-bond donors (Lipinski definition) is 1. The average molecular weight is 325 g/mol. The highest BCUT2D eigenvalue weighted by Gasteiger charge is 2.32. The summed E-state index contributed by atoms with van der Waals surface area (Å²) in [6, 6.07) is 5.16. The summed E-state index contributed by atoms with van der Waals surface area (Å²) in [6.45, 7) is 4.96. The first-order chi connectivity index (χ1) is 9.04. The van der Waals surface area contributed by atoms with Gasteiger partial charge in [-0.2, -0.15) is 0 Å². The summed E-state index contributed by atoms with van der Waals surface area (Å²) in [6.07, 6.45) is 0.632. The Labute approximate surface area is 121 Å². The zero-order chi connectivity index (χ0) is 14.0. The number of hydrogen-bond acceptors (Lipinski definition) is 2. The number of carbonyl (C=O) groups excluding carboxylic acids is 2. The van der Waals surface area contributed by atoms with Crippen LogP contribution in [0.3, 0.4) is 0 Å². The van der Waals surface area contributed by atoms with Crippen LogP contribution in [0.2, 0.25) is 0 Å². The van der Waals surface area contributed by atoms with E-state index in [0.717, 1.165) is 10.0 Å². The normalized spacial score (nSPS) is 19.2. The van der Waals surface area contributed by atoms with Gasteiger partial charge in [0.15, 0.2) is 0 Å². The highest BCUT2D eigenvalue weighted by molar-refractivity contribution is 9.10. The van der Waals surface area contributed by atoms with Crippen molar-refractivity contribution >= 4 is 27.7 Å². The van der Waals surface area contributed by atoms with Crippen molar-refractivity contribution in [2.45, 2.75) is 26.3 Å². The molecule has 19 heavy (non-hydrogen) atoms. The number of piperazine rings is 1. The Hall–Kier alpha value is -1.36. The van der Waals surface area contributed by atoms with Crippen LogP contribution in [-0.2, 0) is 4.79 Å². The fraction of sp³-hybridized carbons (Fsp3) is 0.429. The molecule has 2 rings (SSSR count). The third-order valence-electron chi connectivity index (χ3n) is 3.38. The number of amides is 2. The minimum atomic E-state index is -0.356. The van der Waals surface area contributed by atoms with Crippen molar-refractivity contribution in [3.63, 3.8) is 0 Å². The number of rotatable bonds is 2. The van der Waals surface area contributed by atoms with Crippen LogP contribution in [0.5, 0.6) is 0 Å². The Morgan fingerprint density at radius 3 is 2.89 bits per heavy atom. The summed E-state index contributed by atoms with van der Waals surface area (Å²) >= 11 is 3.42. The molecule has 0 aromatic heterocycles. The second-order valence-corrected chi connectivity index (χ2v) is 5.53. The van der Waals surface area contributed by atoms with E-state index in [-0.39, 0.29) is 17.9 Å². The molecule has 2 amide bonds. The molecule has 0 bridgehead atoms. The van der Waals surface area contributed by atoms with E-state index in [1.807, 2.05) is 26.0 Å². The molecule has 1 saturated heterocycles. The van der Waals surface area contributed by atoms with Crippen LogP contribution in [0.15, 0.2) is 22.7 Å². The van der Waals surface area contributed by atoms with Gasteiger partial charge in [-0.15, -0.1) is 0 Å². The number of halogens is 1. The Kier molecular flexibility index (Phi) is 4.24. The van der Waals surface area contributed by atoms with Crippen molar-refractivity contribution in [2.75, 3.05) is 13.1 Å². The van der Waals surface area contributed by atoms with Crippen LogP contribution in [0, 0.1) is 6.92 Å². The average Bonchev–Trinajstić information content (AvgIpc) is 2.40. The summed E-state index contributed by atoms with van der Waals surface area (Å²) in [5.41, 5.74) is 1.65. The maximum Gasteiger partial charge on any atom is 0.254 e. The Balaban J connectivity index is 2.26. The lowest BCUT2D eigenvalue weighted by atomic mass is 10.1. The van der Waals surface area contributed by atoms with Crippen molar-refractivity contribution < 1.29 is 9.59 Å². The summed E-state index contributed by atoms with van der Waals surface area (Å²) in [5, 5.41) is 2.80. The lowest BCUT2D eigenvalue weighted by molar-refractivity contribution is -0.127. The second kappa shape index (κ2) is 5.74. The third-order valence-corrected chi connectivity index (χ3v) is 4.27. The van der Waals surface area contributed by atoms with Gasteiger partial charge in [0.25, 0.3) is 5.91 Å². The van der Waals surface area contributed by atoms with Gasteiger partial charge in [0.05, 0.1) is 0 Å². The molecule has 0 radical (unpaired) electrons. The maximum absolute atomic E-state index is 12.5. The zero-order valence-electron chi connectivity index (χ0n) is 11.1. The Morgan fingerprint density at radius 1 is 1.53 bits per heavy atom. The first-order valence-electron chi connectivity index (χ1n) is 6.39. The molecule has 0 saturated carbocycles. The molecular weight excluding hydrogens is 308 g/mol. The van der Waals surface area contributed by atoms with E-state index in [0.29, 0.717) is 25.1 Å². The summed E-state index contributed by atoms with van der Waals surface area (Å²) in [7, 11) is 0. The van der Waals surface area contributed by atoms with Crippen molar-refractivity contribution in [3.8, 4) is 0 Å². The van der Waals surface area contributed by atoms with E-state index in [1.165, 1.54) is 0 Å². The monoisotopic (exact) mass is 324 g/mol. The van der Waals surface area contributed by atoms with Crippen molar-refractivity contribution in [2.24, 2.45) is 0 Å². The van der Waals surface area contributed by atoms with Crippen molar-refractivity contribution in [1.29, 1.82) is 0 Å². The van der Waals surface area contributed by atoms with Gasteiger partial charge in [0.1, 0.15) is 6.04 Å². The Bertz CT molecular complexity index is 516. The summed E-state index contributed by atoms with van der Waals surface area (Å²) < 4.78 is 0.979. The molecule has 1 aromatic rings. The molecule has 1 unspecified atom stereocenters. The molecule has 1 heterocycles. The number of nitrogens with zero attached hydrogens (tertiary/aromatic N) is 1. The maximum atomic E-state index is 12.5. The number of benzene rings is 1. The zero-order valence-corrected chi connectivity index (χ0v) is 12.7. The van der Waals surface area contributed by atoms with Gasteiger partial charge in [-0.05, 0) is 37.1 Å². The molecule has 4 nitrogen and oxygen atoms in total. The van der Waals surface area contributed by atoms with Gasteiger partial charge in [0, 0.05) is 23.1 Å². The number of carbonyl (C=O) groups is 2. The molecule has 0 spiro atoms. The SMILES string of the molecule is CCC1C(=O)NCCN1C(=O)c1ccc(Br)c(C)c1. The van der Waals surface area contributed by atoms with Crippen LogP contribution in [0.4, 0.5) is 0 Å². The fourth-order valence-electron chi connectivity index (χ4n) is 2.31. The molecule has 0 aliphatic carbocycles. The van der Waals surface area contributed by atoms with Crippen LogP contribution in [0.25, 0.3) is 0 Å². The Morgan fingerprint density at radius 2 is 2.26 bits per heavy atom. The second-order valence-electron chi connectivity index (χ2n) is 4.68. The van der Waals surface area contributed by atoms with Crippen LogP contribution >= 0.6 is 15.9 Å². The summed E-state index contributed by atoms with van der Waals surface area (Å²) in [4.78, 5) is 26.0. The minimum Gasteiger partial charge on any atom is -0.353 e. The molecular formula is C14H17BrN2O2. The predicted molar refractivity (Wildman–Crippen MR) is 77.0 cm³/mol. The van der Waals surface area contributed by atoms with E-state index in [9.17, 15) is 9.59 Å². The van der Waals surface area contributed by atoms with Gasteiger partial charge >= 0.3 is 0 Å². The van der Waals surface area contributed by atoms with E-state index in [2.05, 4.69) is 21.2 Å². The van der Waals surface area contributed by atoms with E-state index in [1.54, 1.807) is 11.0 Å². The van der Waals surface area contributed by atoms with Crippen LogP contribution < -0.4 is 5.32 Å². The van der Waals surface area contributed by atoms with Gasteiger partial charge < -0.3 is 10.2 Å². The molecule has 5 heteroatoms. The predicted octanol–water partition coefficient (Wildman–Crippen LogP) is 2.11. The van der Waals surface area contributed by atoms with Gasteiger partial charge in [-0.3, -0.25) is 9.59 Å². The van der Waals surface area contributed by atoms with Crippen molar-refractivity contribution in [1.82, 2.24) is 10.2 Å². The fourth-order valence-corrected chi connectivity index (χ4v) is 2.55. The van der Waals surface area contributed by atoms with Crippen molar-refractivity contribution in [3.05, 3.63) is 33.8 Å². The van der Waals surface area contributed by atoms with Gasteiger partial charge in [-0.1, -0.05) is 22.9 Å². The van der Waals surface area contributed by atoms with Gasteiger partial charge in [0.2, 0.25) is 5.91 Å². The quantitative estimate of drug-likeness (QED) is 0.905. The van der Waals surface area contributed by atoms with E-state index >= 15 is 0 Å². The molecule has 1 atom stereocenters. The molecule has 1 fully saturated rings. The molecule has 102 valence electrons. The van der Waals surface area contributed by atoms with E-state index in [4.69, 9.17) is 0 Å². The first kappa shape index (κ1) is 14.1. The number of aryl methyl sites for hydroxylation is 1. The topological polar surface area (TPSA) is 49.4 Å². The lowest BCUT2D eigenvalue weighted by Gasteiger charge is -2.34. The number of nitrogens with one attached hydrogen (secondary N) is 1. The standard InChI is InChI=1S/C14H17BrN2O2/c1-3-12-13(18)16-6-7-17(12)14(19)10-4-5-11(15)9(2)8-10/h4-5,8,12H,3,6-7H2,1-2H3,(H,16,18). The summed E-state index contributed by atoms with van der Waals surface area (Å²) in [5.74, 6) is -0.131. The first-order valence-corrected chi connectivity index (χ1v) is 7.18. The van der Waals surface area contributed by atoms with Gasteiger partial charge in [-0.25, -0.2) is 0 Å². The lowest BCUT2D eigenvalue weighted by Crippen LogP contribution is -2.56. The van der Waals surface area contributed by atoms with Crippen LogP contribution in [-0.4, -0.2) is 35.8 Å². The van der Waals surface area contributed by atoms with E-state index < -0.39 is 0 Å². The molecule has 1 N–H and O–H groups in total. The smallest absolute Gasteiger partial charge is 0.254 e. The largest absolute Gasteiger partial charge is 0.353 e. The minimum absolute atomic E-state index is 0.0593. The molecule has 1 aromatic carbocycles. The highest BCUT2D eigenvalue weighted by atomic mass is 79.9.